The van der Waals surface area contributed by atoms with Gasteiger partial charge >= 0.3 is 0 Å². The fraction of sp³-hybridized carbons (Fsp3) is 0.857. The van der Waals surface area contributed by atoms with Crippen LogP contribution in [0.4, 0.5) is 0 Å². The van der Waals surface area contributed by atoms with Gasteiger partial charge in [-0.25, -0.2) is 0 Å². The van der Waals surface area contributed by atoms with Gasteiger partial charge in [-0.05, 0) is 45.8 Å². The van der Waals surface area contributed by atoms with Gasteiger partial charge in [0.15, 0.2) is 0 Å². The maximum Gasteiger partial charge on any atom is 0.225 e. The first-order valence-electron chi connectivity index (χ1n) is 7.05. The predicted molar refractivity (Wildman–Crippen MR) is 70.3 cm³/mol. The zero-order valence-corrected chi connectivity index (χ0v) is 11.5. The molecule has 0 bridgehead atoms. The second kappa shape index (κ2) is 5.83. The van der Waals surface area contributed by atoms with Gasteiger partial charge in [-0.1, -0.05) is 0 Å². The topological polar surface area (TPSA) is 40.6 Å². The van der Waals surface area contributed by atoms with Crippen molar-refractivity contribution in [2.24, 2.45) is 5.92 Å². The van der Waals surface area contributed by atoms with Crippen molar-refractivity contribution in [1.82, 2.24) is 9.80 Å². The Bertz CT molecular complexity index is 312. The average molecular weight is 252 g/mol. The van der Waals surface area contributed by atoms with Crippen molar-refractivity contribution in [3.63, 3.8) is 0 Å². The molecular weight excluding hydrogens is 228 g/mol. The van der Waals surface area contributed by atoms with E-state index in [1.807, 2.05) is 11.9 Å². The van der Waals surface area contributed by atoms with Crippen LogP contribution in [0.2, 0.25) is 0 Å². The Morgan fingerprint density at radius 1 is 1.17 bits per heavy atom. The van der Waals surface area contributed by atoms with E-state index in [0.717, 1.165) is 38.8 Å². The SMILES string of the molecule is CN1CCC(N(C)C(=O)C2CCC(=O)CC2)CC1. The molecule has 0 N–H and O–H groups in total. The summed E-state index contributed by atoms with van der Waals surface area (Å²) in [5.74, 6) is 0.672. The highest BCUT2D eigenvalue weighted by molar-refractivity contribution is 5.84. The number of hydrogen-bond acceptors (Lipinski definition) is 3. The van der Waals surface area contributed by atoms with Crippen LogP contribution in [0.25, 0.3) is 0 Å². The molecule has 18 heavy (non-hydrogen) atoms. The van der Waals surface area contributed by atoms with Gasteiger partial charge in [-0.3, -0.25) is 9.59 Å². The van der Waals surface area contributed by atoms with Crippen molar-refractivity contribution in [2.75, 3.05) is 27.2 Å². The van der Waals surface area contributed by atoms with E-state index in [2.05, 4.69) is 11.9 Å². The van der Waals surface area contributed by atoms with E-state index in [1.165, 1.54) is 0 Å². The molecule has 0 aromatic carbocycles. The van der Waals surface area contributed by atoms with Crippen molar-refractivity contribution in [1.29, 1.82) is 0 Å². The zero-order chi connectivity index (χ0) is 13.1. The van der Waals surface area contributed by atoms with Crippen molar-refractivity contribution in [3.8, 4) is 0 Å². The lowest BCUT2D eigenvalue weighted by Gasteiger charge is -2.37. The average Bonchev–Trinajstić information content (AvgIpc) is 2.39. The van der Waals surface area contributed by atoms with E-state index in [0.29, 0.717) is 24.7 Å². The molecular formula is C14H24N2O2. The maximum atomic E-state index is 12.4. The molecule has 0 spiro atoms. The Hall–Kier alpha value is -0.900. The smallest absolute Gasteiger partial charge is 0.225 e. The summed E-state index contributed by atoms with van der Waals surface area (Å²) in [7, 11) is 4.07. The number of carbonyl (C=O) groups excluding carboxylic acids is 2. The second-order valence-corrected chi connectivity index (χ2v) is 5.80. The fourth-order valence-corrected chi connectivity index (χ4v) is 3.04. The lowest BCUT2D eigenvalue weighted by Crippen LogP contribution is -2.46. The molecule has 1 aliphatic carbocycles. The molecule has 2 fully saturated rings. The third kappa shape index (κ3) is 3.10. The van der Waals surface area contributed by atoms with Gasteiger partial charge in [0.2, 0.25) is 5.91 Å². The number of amides is 1. The fourth-order valence-electron chi connectivity index (χ4n) is 3.04. The van der Waals surface area contributed by atoms with Crippen molar-refractivity contribution in [3.05, 3.63) is 0 Å². The summed E-state index contributed by atoms with van der Waals surface area (Å²) in [5.41, 5.74) is 0. The molecule has 4 heteroatoms. The normalized spacial score (nSPS) is 24.2. The highest BCUT2D eigenvalue weighted by Crippen LogP contribution is 2.25. The molecule has 1 saturated heterocycles. The summed E-state index contributed by atoms with van der Waals surface area (Å²) in [6, 6.07) is 0.395. The van der Waals surface area contributed by atoms with Crippen LogP contribution in [0.1, 0.15) is 38.5 Å². The van der Waals surface area contributed by atoms with Gasteiger partial charge in [0, 0.05) is 31.8 Å². The summed E-state index contributed by atoms with van der Waals surface area (Å²) in [6.45, 7) is 2.15. The van der Waals surface area contributed by atoms with Crippen molar-refractivity contribution >= 4 is 11.7 Å². The lowest BCUT2D eigenvalue weighted by molar-refractivity contribution is -0.139. The van der Waals surface area contributed by atoms with Crippen LogP contribution >= 0.6 is 0 Å². The lowest BCUT2D eigenvalue weighted by atomic mass is 9.87. The predicted octanol–water partition coefficient (Wildman–Crippen LogP) is 1.30. The summed E-state index contributed by atoms with van der Waals surface area (Å²) in [6.07, 6.45) is 4.85. The number of nitrogens with zero attached hydrogens (tertiary/aromatic N) is 2. The van der Waals surface area contributed by atoms with E-state index in [-0.39, 0.29) is 11.8 Å². The number of ketones is 1. The van der Waals surface area contributed by atoms with Crippen LogP contribution in [-0.4, -0.2) is 54.7 Å². The highest BCUT2D eigenvalue weighted by atomic mass is 16.2. The number of likely N-dealkylation sites (tertiary alicyclic amines) is 1. The van der Waals surface area contributed by atoms with Gasteiger partial charge in [0.05, 0.1) is 0 Å². The van der Waals surface area contributed by atoms with Crippen molar-refractivity contribution < 1.29 is 9.59 Å². The molecule has 1 heterocycles. The van der Waals surface area contributed by atoms with Gasteiger partial charge < -0.3 is 9.80 Å². The summed E-state index contributed by atoms with van der Waals surface area (Å²) >= 11 is 0. The highest BCUT2D eigenvalue weighted by Gasteiger charge is 2.31. The monoisotopic (exact) mass is 252 g/mol. The van der Waals surface area contributed by atoms with E-state index < -0.39 is 0 Å². The molecule has 2 aliphatic rings. The molecule has 102 valence electrons. The van der Waals surface area contributed by atoms with Crippen LogP contribution in [-0.2, 0) is 9.59 Å². The van der Waals surface area contributed by atoms with Crippen molar-refractivity contribution in [2.45, 2.75) is 44.6 Å². The third-order valence-corrected chi connectivity index (χ3v) is 4.48. The Kier molecular flexibility index (Phi) is 4.38. The van der Waals surface area contributed by atoms with E-state index in [1.54, 1.807) is 0 Å². The molecule has 2 rings (SSSR count). The molecule has 1 amide bonds. The van der Waals surface area contributed by atoms with E-state index in [9.17, 15) is 9.59 Å². The third-order valence-electron chi connectivity index (χ3n) is 4.48. The Morgan fingerprint density at radius 2 is 1.72 bits per heavy atom. The summed E-state index contributed by atoms with van der Waals surface area (Å²) < 4.78 is 0. The first-order chi connectivity index (χ1) is 8.58. The second-order valence-electron chi connectivity index (χ2n) is 5.80. The molecule has 4 nitrogen and oxygen atoms in total. The van der Waals surface area contributed by atoms with Gasteiger partial charge in [0.25, 0.3) is 0 Å². The number of carbonyl (C=O) groups is 2. The zero-order valence-electron chi connectivity index (χ0n) is 11.5. The standard InChI is InChI=1S/C14H24N2O2/c1-15-9-7-12(8-10-15)16(2)14(18)11-3-5-13(17)6-4-11/h11-12H,3-10H2,1-2H3. The van der Waals surface area contributed by atoms with Gasteiger partial charge in [0.1, 0.15) is 5.78 Å². The molecule has 0 unspecified atom stereocenters. The number of rotatable bonds is 2. The van der Waals surface area contributed by atoms with Gasteiger partial charge in [-0.15, -0.1) is 0 Å². The molecule has 0 atom stereocenters. The first-order valence-corrected chi connectivity index (χ1v) is 7.05. The van der Waals surface area contributed by atoms with E-state index >= 15 is 0 Å². The largest absolute Gasteiger partial charge is 0.342 e. The number of Topliss-reactive ketones (excluding diaryl/α,β-unsaturated/α-hetero) is 1. The summed E-state index contributed by atoms with van der Waals surface area (Å²) in [5, 5.41) is 0. The van der Waals surface area contributed by atoms with Crippen LogP contribution in [0.3, 0.4) is 0 Å². The quantitative estimate of drug-likeness (QED) is 0.744. The number of hydrogen-bond donors (Lipinski definition) is 0. The molecule has 0 radical (unpaired) electrons. The van der Waals surface area contributed by atoms with Crippen LogP contribution < -0.4 is 0 Å². The first kappa shape index (κ1) is 13.5. The minimum Gasteiger partial charge on any atom is -0.342 e. The summed E-state index contributed by atoms with van der Waals surface area (Å²) in [4.78, 5) is 27.9. The maximum absolute atomic E-state index is 12.4. The molecule has 1 saturated carbocycles. The molecule has 0 aromatic rings. The Labute approximate surface area is 109 Å². The van der Waals surface area contributed by atoms with E-state index in [4.69, 9.17) is 0 Å². The molecule has 1 aliphatic heterocycles. The van der Waals surface area contributed by atoms with Gasteiger partial charge in [-0.2, -0.15) is 0 Å². The molecule has 0 aromatic heterocycles. The van der Waals surface area contributed by atoms with Crippen LogP contribution in [0.15, 0.2) is 0 Å². The Morgan fingerprint density at radius 3 is 2.28 bits per heavy atom. The van der Waals surface area contributed by atoms with Crippen LogP contribution in [0, 0.1) is 5.92 Å². The minimum atomic E-state index is 0.0901. The Balaban J connectivity index is 1.86. The number of piperidine rings is 1. The van der Waals surface area contributed by atoms with Crippen LogP contribution in [0.5, 0.6) is 0 Å². The minimum absolute atomic E-state index is 0.0901.